The number of rotatable bonds is 4. The number of halogens is 1. The van der Waals surface area contributed by atoms with Crippen LogP contribution in [0.1, 0.15) is 4.88 Å². The molecule has 20 heavy (non-hydrogen) atoms. The topological polar surface area (TPSA) is 12.0 Å². The first kappa shape index (κ1) is 13.2. The lowest BCUT2D eigenvalue weighted by molar-refractivity contribution is 1.19. The zero-order valence-corrected chi connectivity index (χ0v) is 12.4. The summed E-state index contributed by atoms with van der Waals surface area (Å²) in [6, 6.07) is 22.6. The van der Waals surface area contributed by atoms with Gasteiger partial charge in [-0.2, -0.15) is 0 Å². The average Bonchev–Trinajstić information content (AvgIpc) is 2.95. The molecule has 3 heteroatoms. The number of thiophene rings is 1. The summed E-state index contributed by atoms with van der Waals surface area (Å²) in [6.07, 6.45) is 0. The molecule has 1 heterocycles. The zero-order valence-electron chi connectivity index (χ0n) is 10.8. The Labute approximate surface area is 127 Å². The van der Waals surface area contributed by atoms with E-state index in [9.17, 15) is 0 Å². The van der Waals surface area contributed by atoms with Gasteiger partial charge in [0.15, 0.2) is 0 Å². The smallest absolute Gasteiger partial charge is 0.0494 e. The number of hydrogen-bond acceptors (Lipinski definition) is 2. The predicted molar refractivity (Wildman–Crippen MR) is 88.5 cm³/mol. The largest absolute Gasteiger partial charge is 0.380 e. The lowest BCUT2D eigenvalue weighted by Gasteiger charge is -2.04. The standard InChI is InChI=1S/C17H14ClNS/c18-14-7-4-8-15(11-14)19-12-16-9-10-17(20-16)13-5-2-1-3-6-13/h1-11,19H,12H2. The highest BCUT2D eigenvalue weighted by Gasteiger charge is 2.02. The van der Waals surface area contributed by atoms with Crippen molar-refractivity contribution in [2.45, 2.75) is 6.54 Å². The molecule has 0 radical (unpaired) electrons. The molecule has 0 bridgehead atoms. The van der Waals surface area contributed by atoms with E-state index in [4.69, 9.17) is 11.6 Å². The molecule has 0 aliphatic carbocycles. The van der Waals surface area contributed by atoms with Crippen LogP contribution in [0.3, 0.4) is 0 Å². The lowest BCUT2D eigenvalue weighted by atomic mass is 10.2. The van der Waals surface area contributed by atoms with Gasteiger partial charge in [0.1, 0.15) is 0 Å². The Morgan fingerprint density at radius 1 is 0.900 bits per heavy atom. The van der Waals surface area contributed by atoms with Gasteiger partial charge in [0.25, 0.3) is 0 Å². The van der Waals surface area contributed by atoms with Crippen LogP contribution >= 0.6 is 22.9 Å². The Balaban J connectivity index is 1.69. The molecular formula is C17H14ClNS. The Hall–Kier alpha value is -1.77. The fourth-order valence-electron chi connectivity index (χ4n) is 2.02. The van der Waals surface area contributed by atoms with E-state index >= 15 is 0 Å². The van der Waals surface area contributed by atoms with E-state index < -0.39 is 0 Å². The highest BCUT2D eigenvalue weighted by Crippen LogP contribution is 2.28. The molecule has 0 saturated carbocycles. The third-order valence-corrected chi connectivity index (χ3v) is 4.38. The molecule has 0 atom stereocenters. The van der Waals surface area contributed by atoms with Gasteiger partial charge in [0, 0.05) is 27.0 Å². The fraction of sp³-hybridized carbons (Fsp3) is 0.0588. The molecule has 3 aromatic rings. The van der Waals surface area contributed by atoms with Crippen LogP contribution in [0.5, 0.6) is 0 Å². The summed E-state index contributed by atoms with van der Waals surface area (Å²) in [7, 11) is 0. The number of benzene rings is 2. The first-order valence-electron chi connectivity index (χ1n) is 6.45. The maximum atomic E-state index is 5.97. The van der Waals surface area contributed by atoms with Crippen molar-refractivity contribution >= 4 is 28.6 Å². The first-order valence-corrected chi connectivity index (χ1v) is 7.64. The second-order valence-electron chi connectivity index (χ2n) is 4.50. The van der Waals surface area contributed by atoms with Gasteiger partial charge >= 0.3 is 0 Å². The Kier molecular flexibility index (Phi) is 4.05. The monoisotopic (exact) mass is 299 g/mol. The van der Waals surface area contributed by atoms with Crippen LogP contribution < -0.4 is 5.32 Å². The summed E-state index contributed by atoms with van der Waals surface area (Å²) >= 11 is 7.79. The van der Waals surface area contributed by atoms with Gasteiger partial charge in [0.05, 0.1) is 0 Å². The molecule has 100 valence electrons. The first-order chi connectivity index (χ1) is 9.81. The molecule has 0 aliphatic heterocycles. The predicted octanol–water partition coefficient (Wildman–Crippen LogP) is 5.68. The molecule has 1 N–H and O–H groups in total. The van der Waals surface area contributed by atoms with Crippen molar-refractivity contribution in [3.8, 4) is 10.4 Å². The molecule has 0 spiro atoms. The van der Waals surface area contributed by atoms with Crippen LogP contribution in [0.25, 0.3) is 10.4 Å². The van der Waals surface area contributed by atoms with E-state index in [-0.39, 0.29) is 0 Å². The Morgan fingerprint density at radius 3 is 2.55 bits per heavy atom. The SMILES string of the molecule is Clc1cccc(NCc2ccc(-c3ccccc3)s2)c1. The summed E-state index contributed by atoms with van der Waals surface area (Å²) in [5.41, 5.74) is 2.32. The number of nitrogens with one attached hydrogen (secondary N) is 1. The Bertz CT molecular complexity index is 691. The van der Waals surface area contributed by atoms with Crippen molar-refractivity contribution in [1.82, 2.24) is 0 Å². The molecule has 1 aromatic heterocycles. The third-order valence-electron chi connectivity index (χ3n) is 3.01. The maximum Gasteiger partial charge on any atom is 0.0494 e. The van der Waals surface area contributed by atoms with Gasteiger partial charge < -0.3 is 5.32 Å². The minimum absolute atomic E-state index is 0.756. The van der Waals surface area contributed by atoms with Crippen LogP contribution in [0.2, 0.25) is 5.02 Å². The molecule has 0 saturated heterocycles. The van der Waals surface area contributed by atoms with Gasteiger partial charge in [-0.3, -0.25) is 0 Å². The van der Waals surface area contributed by atoms with Crippen LogP contribution in [-0.4, -0.2) is 0 Å². The molecule has 1 nitrogen and oxygen atoms in total. The van der Waals surface area contributed by atoms with E-state index in [2.05, 4.69) is 41.7 Å². The van der Waals surface area contributed by atoms with Gasteiger partial charge in [-0.1, -0.05) is 48.0 Å². The summed E-state index contributed by atoms with van der Waals surface area (Å²) in [5.74, 6) is 0. The summed E-state index contributed by atoms with van der Waals surface area (Å²) < 4.78 is 0. The summed E-state index contributed by atoms with van der Waals surface area (Å²) in [6.45, 7) is 0.817. The van der Waals surface area contributed by atoms with Crippen molar-refractivity contribution in [3.05, 3.63) is 76.6 Å². The third kappa shape index (κ3) is 3.21. The summed E-state index contributed by atoms with van der Waals surface area (Å²) in [5, 5.41) is 4.15. The molecular weight excluding hydrogens is 286 g/mol. The van der Waals surface area contributed by atoms with E-state index in [1.165, 1.54) is 15.3 Å². The highest BCUT2D eigenvalue weighted by molar-refractivity contribution is 7.15. The second-order valence-corrected chi connectivity index (χ2v) is 6.10. The molecule has 3 rings (SSSR count). The fourth-order valence-corrected chi connectivity index (χ4v) is 3.16. The van der Waals surface area contributed by atoms with Gasteiger partial charge in [0.2, 0.25) is 0 Å². The zero-order chi connectivity index (χ0) is 13.8. The quantitative estimate of drug-likeness (QED) is 0.653. The number of anilines is 1. The second kappa shape index (κ2) is 6.12. The van der Waals surface area contributed by atoms with Gasteiger partial charge in [-0.25, -0.2) is 0 Å². The van der Waals surface area contributed by atoms with Crippen molar-refractivity contribution in [3.63, 3.8) is 0 Å². The van der Waals surface area contributed by atoms with Crippen molar-refractivity contribution in [1.29, 1.82) is 0 Å². The Morgan fingerprint density at radius 2 is 1.75 bits per heavy atom. The highest BCUT2D eigenvalue weighted by atomic mass is 35.5. The van der Waals surface area contributed by atoms with E-state index in [0.29, 0.717) is 0 Å². The minimum atomic E-state index is 0.756. The average molecular weight is 300 g/mol. The number of hydrogen-bond donors (Lipinski definition) is 1. The van der Waals surface area contributed by atoms with Crippen LogP contribution in [0.15, 0.2) is 66.7 Å². The molecule has 0 amide bonds. The van der Waals surface area contributed by atoms with E-state index in [0.717, 1.165) is 17.3 Å². The summed E-state index contributed by atoms with van der Waals surface area (Å²) in [4.78, 5) is 2.61. The molecule has 2 aromatic carbocycles. The van der Waals surface area contributed by atoms with Crippen LogP contribution in [0.4, 0.5) is 5.69 Å². The molecule has 0 fully saturated rings. The molecule has 0 unspecified atom stereocenters. The van der Waals surface area contributed by atoms with Crippen molar-refractivity contribution in [2.75, 3.05) is 5.32 Å². The van der Waals surface area contributed by atoms with Gasteiger partial charge in [-0.05, 0) is 35.9 Å². The van der Waals surface area contributed by atoms with Crippen molar-refractivity contribution in [2.24, 2.45) is 0 Å². The maximum absolute atomic E-state index is 5.97. The van der Waals surface area contributed by atoms with Crippen LogP contribution in [-0.2, 0) is 6.54 Å². The van der Waals surface area contributed by atoms with E-state index in [1.54, 1.807) is 0 Å². The molecule has 0 aliphatic rings. The minimum Gasteiger partial charge on any atom is -0.380 e. The normalized spacial score (nSPS) is 10.4. The lowest BCUT2D eigenvalue weighted by Crippen LogP contribution is -1.96. The van der Waals surface area contributed by atoms with Crippen LogP contribution in [0, 0.1) is 0 Å². The van der Waals surface area contributed by atoms with E-state index in [1.807, 2.05) is 41.7 Å². The van der Waals surface area contributed by atoms with Gasteiger partial charge in [-0.15, -0.1) is 11.3 Å². The van der Waals surface area contributed by atoms with Crippen molar-refractivity contribution < 1.29 is 0 Å².